The summed E-state index contributed by atoms with van der Waals surface area (Å²) < 4.78 is 13.0. The van der Waals surface area contributed by atoms with Gasteiger partial charge in [0.05, 0.1) is 31.1 Å². The summed E-state index contributed by atoms with van der Waals surface area (Å²) in [5, 5.41) is 0. The van der Waals surface area contributed by atoms with Crippen LogP contribution in [-0.2, 0) is 6.54 Å². The lowest BCUT2D eigenvalue weighted by Crippen LogP contribution is -2.03. The second kappa shape index (κ2) is 6.31. The van der Waals surface area contributed by atoms with Gasteiger partial charge in [-0.15, -0.1) is 0 Å². The Morgan fingerprint density at radius 2 is 1.76 bits per heavy atom. The number of ether oxygens (including phenoxy) is 2. The minimum atomic E-state index is 0.679. The monoisotopic (exact) mass is 282 g/mol. The maximum atomic E-state index is 5.73. The minimum Gasteiger partial charge on any atom is -0.497 e. The molecule has 3 rings (SSSR count). The molecule has 1 aromatic heterocycles. The van der Waals surface area contributed by atoms with Crippen LogP contribution in [0.15, 0.2) is 54.9 Å². The first-order valence-electron chi connectivity index (χ1n) is 7.03. The van der Waals surface area contributed by atoms with Gasteiger partial charge in [0.2, 0.25) is 0 Å². The first-order chi connectivity index (χ1) is 10.4. The van der Waals surface area contributed by atoms with Gasteiger partial charge in [-0.2, -0.15) is 0 Å². The molecule has 0 aliphatic rings. The Morgan fingerprint density at radius 3 is 2.57 bits per heavy atom. The van der Waals surface area contributed by atoms with Crippen LogP contribution in [0, 0.1) is 0 Å². The Labute approximate surface area is 123 Å². The van der Waals surface area contributed by atoms with Crippen molar-refractivity contribution < 1.29 is 9.47 Å². The van der Waals surface area contributed by atoms with E-state index in [4.69, 9.17) is 9.47 Å². The van der Waals surface area contributed by atoms with Crippen molar-refractivity contribution in [2.24, 2.45) is 0 Å². The molecule has 21 heavy (non-hydrogen) atoms. The van der Waals surface area contributed by atoms with Crippen LogP contribution in [0.1, 0.15) is 6.42 Å². The third-order valence-corrected chi connectivity index (χ3v) is 3.40. The molecular formula is C17H18N2O2. The number of fused-ring (bicyclic) bond motifs is 1. The van der Waals surface area contributed by atoms with Crippen LogP contribution in [-0.4, -0.2) is 23.3 Å². The molecule has 0 atom stereocenters. The highest BCUT2D eigenvalue weighted by Gasteiger charge is 2.01. The zero-order valence-electron chi connectivity index (χ0n) is 12.0. The van der Waals surface area contributed by atoms with Gasteiger partial charge in [-0.25, -0.2) is 4.98 Å². The molecule has 4 nitrogen and oxygen atoms in total. The van der Waals surface area contributed by atoms with Gasteiger partial charge in [-0.1, -0.05) is 12.1 Å². The molecule has 0 saturated heterocycles. The number of hydrogen-bond donors (Lipinski definition) is 0. The molecule has 1 heterocycles. The van der Waals surface area contributed by atoms with E-state index in [-0.39, 0.29) is 0 Å². The van der Waals surface area contributed by atoms with Crippen LogP contribution in [0.3, 0.4) is 0 Å². The molecule has 0 aliphatic carbocycles. The second-order valence-electron chi connectivity index (χ2n) is 4.80. The number of aryl methyl sites for hydroxylation is 1. The third kappa shape index (κ3) is 3.16. The number of rotatable bonds is 6. The molecule has 4 heteroatoms. The van der Waals surface area contributed by atoms with Gasteiger partial charge in [-0.3, -0.25) is 0 Å². The average Bonchev–Trinajstić information content (AvgIpc) is 2.95. The Balaban J connectivity index is 1.51. The summed E-state index contributed by atoms with van der Waals surface area (Å²) in [6, 6.07) is 15.8. The fraction of sp³-hybridized carbons (Fsp3) is 0.235. The summed E-state index contributed by atoms with van der Waals surface area (Å²) in [5.41, 5.74) is 2.20. The molecule has 0 bridgehead atoms. The summed E-state index contributed by atoms with van der Waals surface area (Å²) >= 11 is 0. The van der Waals surface area contributed by atoms with Crippen LogP contribution in [0.2, 0.25) is 0 Å². The number of para-hydroxylation sites is 2. The van der Waals surface area contributed by atoms with Gasteiger partial charge in [0.25, 0.3) is 0 Å². The Hall–Kier alpha value is -2.49. The summed E-state index contributed by atoms with van der Waals surface area (Å²) in [6.45, 7) is 1.58. The number of imidazole rings is 1. The van der Waals surface area contributed by atoms with Gasteiger partial charge in [0.15, 0.2) is 0 Å². The van der Waals surface area contributed by atoms with Gasteiger partial charge in [-0.05, 0) is 42.8 Å². The highest BCUT2D eigenvalue weighted by Crippen LogP contribution is 2.17. The largest absolute Gasteiger partial charge is 0.497 e. The van der Waals surface area contributed by atoms with Crippen molar-refractivity contribution in [3.8, 4) is 11.5 Å². The highest BCUT2D eigenvalue weighted by molar-refractivity contribution is 5.74. The number of hydrogen-bond acceptors (Lipinski definition) is 3. The predicted molar refractivity (Wildman–Crippen MR) is 82.8 cm³/mol. The Morgan fingerprint density at radius 1 is 1.00 bits per heavy atom. The van der Waals surface area contributed by atoms with E-state index in [1.54, 1.807) is 7.11 Å². The maximum Gasteiger partial charge on any atom is 0.119 e. The summed E-state index contributed by atoms with van der Waals surface area (Å²) in [4.78, 5) is 4.38. The van der Waals surface area contributed by atoms with Crippen molar-refractivity contribution in [2.45, 2.75) is 13.0 Å². The lowest BCUT2D eigenvalue weighted by Gasteiger charge is -2.08. The van der Waals surface area contributed by atoms with Crippen LogP contribution < -0.4 is 9.47 Å². The number of nitrogens with zero attached hydrogens (tertiary/aromatic N) is 2. The van der Waals surface area contributed by atoms with E-state index in [0.29, 0.717) is 6.61 Å². The van der Waals surface area contributed by atoms with Crippen LogP contribution in [0.4, 0.5) is 0 Å². The molecule has 0 unspecified atom stereocenters. The van der Waals surface area contributed by atoms with Gasteiger partial charge < -0.3 is 14.0 Å². The first kappa shape index (κ1) is 13.5. The highest BCUT2D eigenvalue weighted by atomic mass is 16.5. The molecule has 0 aliphatic heterocycles. The maximum absolute atomic E-state index is 5.73. The molecule has 2 aromatic carbocycles. The fourth-order valence-corrected chi connectivity index (χ4v) is 2.29. The van der Waals surface area contributed by atoms with E-state index < -0.39 is 0 Å². The zero-order chi connectivity index (χ0) is 14.5. The van der Waals surface area contributed by atoms with Crippen LogP contribution in [0.25, 0.3) is 11.0 Å². The number of benzene rings is 2. The molecule has 0 N–H and O–H groups in total. The lowest BCUT2D eigenvalue weighted by atomic mass is 10.3. The topological polar surface area (TPSA) is 36.3 Å². The van der Waals surface area contributed by atoms with E-state index in [9.17, 15) is 0 Å². The van der Waals surface area contributed by atoms with Gasteiger partial charge >= 0.3 is 0 Å². The van der Waals surface area contributed by atoms with E-state index in [2.05, 4.69) is 15.6 Å². The number of methoxy groups -OCH3 is 1. The van der Waals surface area contributed by atoms with E-state index in [1.165, 1.54) is 5.52 Å². The molecule has 0 fully saturated rings. The molecule has 0 saturated carbocycles. The Kier molecular flexibility index (Phi) is 4.05. The van der Waals surface area contributed by atoms with Crippen LogP contribution >= 0.6 is 0 Å². The van der Waals surface area contributed by atoms with Crippen molar-refractivity contribution in [1.82, 2.24) is 9.55 Å². The fourth-order valence-electron chi connectivity index (χ4n) is 2.29. The number of aromatic nitrogens is 2. The third-order valence-electron chi connectivity index (χ3n) is 3.40. The first-order valence-corrected chi connectivity index (χ1v) is 7.03. The molecule has 3 aromatic rings. The normalized spacial score (nSPS) is 10.7. The van der Waals surface area contributed by atoms with Gasteiger partial charge in [0.1, 0.15) is 11.5 Å². The minimum absolute atomic E-state index is 0.679. The summed E-state index contributed by atoms with van der Waals surface area (Å²) in [5.74, 6) is 1.71. The predicted octanol–water partition coefficient (Wildman–Crippen LogP) is 3.51. The molecule has 108 valence electrons. The van der Waals surface area contributed by atoms with Gasteiger partial charge in [0, 0.05) is 6.54 Å². The molecule has 0 radical (unpaired) electrons. The van der Waals surface area contributed by atoms with Crippen molar-refractivity contribution in [3.63, 3.8) is 0 Å². The molecule has 0 amide bonds. The summed E-state index contributed by atoms with van der Waals surface area (Å²) in [7, 11) is 1.66. The average molecular weight is 282 g/mol. The lowest BCUT2D eigenvalue weighted by molar-refractivity contribution is 0.302. The Bertz CT molecular complexity index is 704. The quantitative estimate of drug-likeness (QED) is 0.649. The van der Waals surface area contributed by atoms with E-state index >= 15 is 0 Å². The van der Waals surface area contributed by atoms with Crippen molar-refractivity contribution in [2.75, 3.05) is 13.7 Å². The molecule has 0 spiro atoms. The van der Waals surface area contributed by atoms with Crippen molar-refractivity contribution >= 4 is 11.0 Å². The standard InChI is InChI=1S/C17H18N2O2/c1-20-14-7-9-15(10-8-14)21-12-4-11-19-13-18-16-5-2-3-6-17(16)19/h2-3,5-10,13H,4,11-12H2,1H3. The van der Waals surface area contributed by atoms with E-state index in [1.807, 2.05) is 48.8 Å². The van der Waals surface area contributed by atoms with Crippen molar-refractivity contribution in [3.05, 3.63) is 54.9 Å². The van der Waals surface area contributed by atoms with E-state index in [0.717, 1.165) is 30.0 Å². The zero-order valence-corrected chi connectivity index (χ0v) is 12.0. The molecular weight excluding hydrogens is 264 g/mol. The second-order valence-corrected chi connectivity index (χ2v) is 4.80. The SMILES string of the molecule is COc1ccc(OCCCn2cnc3ccccc32)cc1. The van der Waals surface area contributed by atoms with Crippen LogP contribution in [0.5, 0.6) is 11.5 Å². The smallest absolute Gasteiger partial charge is 0.119 e. The summed E-state index contributed by atoms with van der Waals surface area (Å²) in [6.07, 6.45) is 2.82. The van der Waals surface area contributed by atoms with Crippen molar-refractivity contribution in [1.29, 1.82) is 0 Å².